The summed E-state index contributed by atoms with van der Waals surface area (Å²) >= 11 is 1.40. The molecular weight excluding hydrogens is 196 g/mol. The SMILES string of the molecule is Cc1sc(C=O)nc1-c1cccnc1. The molecule has 0 aliphatic rings. The van der Waals surface area contributed by atoms with E-state index < -0.39 is 0 Å². The second-order valence-electron chi connectivity index (χ2n) is 2.82. The third-order valence-corrected chi connectivity index (χ3v) is 2.75. The van der Waals surface area contributed by atoms with Gasteiger partial charge in [0, 0.05) is 22.8 Å². The summed E-state index contributed by atoms with van der Waals surface area (Å²) < 4.78 is 0. The maximum absolute atomic E-state index is 10.5. The Hall–Kier alpha value is -1.55. The van der Waals surface area contributed by atoms with Gasteiger partial charge in [0.15, 0.2) is 11.3 Å². The highest BCUT2D eigenvalue weighted by molar-refractivity contribution is 7.13. The van der Waals surface area contributed by atoms with Crippen molar-refractivity contribution in [1.29, 1.82) is 0 Å². The van der Waals surface area contributed by atoms with Crippen LogP contribution in [0.3, 0.4) is 0 Å². The van der Waals surface area contributed by atoms with Crippen LogP contribution in [0.15, 0.2) is 24.5 Å². The lowest BCUT2D eigenvalue weighted by Gasteiger charge is -1.95. The van der Waals surface area contributed by atoms with Crippen molar-refractivity contribution >= 4 is 17.6 Å². The predicted octanol–water partition coefficient (Wildman–Crippen LogP) is 2.33. The quantitative estimate of drug-likeness (QED) is 0.705. The molecule has 0 saturated carbocycles. The van der Waals surface area contributed by atoms with E-state index in [1.807, 2.05) is 19.1 Å². The molecule has 0 radical (unpaired) electrons. The molecule has 0 saturated heterocycles. The maximum Gasteiger partial charge on any atom is 0.178 e. The molecule has 0 fully saturated rings. The minimum Gasteiger partial charge on any atom is -0.295 e. The minimum absolute atomic E-state index is 0.515. The Morgan fingerprint density at radius 3 is 2.93 bits per heavy atom. The van der Waals surface area contributed by atoms with Crippen LogP contribution in [0.25, 0.3) is 11.3 Å². The normalized spacial score (nSPS) is 10.1. The fourth-order valence-corrected chi connectivity index (χ4v) is 2.00. The Morgan fingerprint density at radius 2 is 2.36 bits per heavy atom. The summed E-state index contributed by atoms with van der Waals surface area (Å²) in [6, 6.07) is 3.79. The maximum atomic E-state index is 10.5. The molecule has 2 aromatic rings. The molecule has 0 N–H and O–H groups in total. The van der Waals surface area contributed by atoms with Gasteiger partial charge >= 0.3 is 0 Å². The molecule has 0 spiro atoms. The van der Waals surface area contributed by atoms with Crippen LogP contribution in [0.5, 0.6) is 0 Å². The summed E-state index contributed by atoms with van der Waals surface area (Å²) in [6.45, 7) is 1.95. The molecule has 0 aliphatic heterocycles. The molecule has 14 heavy (non-hydrogen) atoms. The molecule has 2 aromatic heterocycles. The summed E-state index contributed by atoms with van der Waals surface area (Å²) in [6.07, 6.45) is 4.24. The van der Waals surface area contributed by atoms with E-state index >= 15 is 0 Å². The van der Waals surface area contributed by atoms with Gasteiger partial charge in [0.2, 0.25) is 0 Å². The fraction of sp³-hybridized carbons (Fsp3) is 0.100. The molecule has 0 aromatic carbocycles. The first kappa shape index (κ1) is 9.02. The minimum atomic E-state index is 0.515. The number of aromatic nitrogens is 2. The molecule has 2 heterocycles. The lowest BCUT2D eigenvalue weighted by atomic mass is 10.2. The first-order valence-corrected chi connectivity index (χ1v) is 4.96. The van der Waals surface area contributed by atoms with Gasteiger partial charge in [0.25, 0.3) is 0 Å². The molecule has 0 amide bonds. The van der Waals surface area contributed by atoms with Crippen LogP contribution in [0.2, 0.25) is 0 Å². The van der Waals surface area contributed by atoms with Gasteiger partial charge in [-0.15, -0.1) is 11.3 Å². The standard InChI is InChI=1S/C10H8N2OS/c1-7-10(12-9(6-13)14-7)8-3-2-4-11-5-8/h2-6H,1H3. The summed E-state index contributed by atoms with van der Waals surface area (Å²) in [5.74, 6) is 0. The van der Waals surface area contributed by atoms with Crippen molar-refractivity contribution in [3.8, 4) is 11.3 Å². The van der Waals surface area contributed by atoms with Crippen molar-refractivity contribution < 1.29 is 4.79 Å². The Kier molecular flexibility index (Phi) is 2.37. The summed E-state index contributed by atoms with van der Waals surface area (Å²) in [7, 11) is 0. The van der Waals surface area contributed by atoms with E-state index in [1.54, 1.807) is 12.4 Å². The van der Waals surface area contributed by atoms with Gasteiger partial charge in [-0.05, 0) is 19.1 Å². The van der Waals surface area contributed by atoms with Crippen LogP contribution in [0.1, 0.15) is 14.7 Å². The number of carbonyl (C=O) groups excluding carboxylic acids is 1. The van der Waals surface area contributed by atoms with Crippen LogP contribution in [-0.2, 0) is 0 Å². The van der Waals surface area contributed by atoms with Crippen molar-refractivity contribution in [3.05, 3.63) is 34.4 Å². The Balaban J connectivity index is 2.51. The lowest BCUT2D eigenvalue weighted by Crippen LogP contribution is -1.82. The summed E-state index contributed by atoms with van der Waals surface area (Å²) in [4.78, 5) is 19.8. The molecule has 2 rings (SSSR count). The van der Waals surface area contributed by atoms with Crippen LogP contribution >= 0.6 is 11.3 Å². The first-order chi connectivity index (χ1) is 6.81. The molecule has 3 nitrogen and oxygen atoms in total. The molecule has 0 atom stereocenters. The molecule has 4 heteroatoms. The van der Waals surface area contributed by atoms with E-state index in [1.165, 1.54) is 11.3 Å². The third kappa shape index (κ3) is 1.56. The van der Waals surface area contributed by atoms with Gasteiger partial charge < -0.3 is 0 Å². The average molecular weight is 204 g/mol. The zero-order chi connectivity index (χ0) is 9.97. The number of thiazole rings is 1. The fourth-order valence-electron chi connectivity index (χ4n) is 1.24. The number of rotatable bonds is 2. The Morgan fingerprint density at radius 1 is 1.50 bits per heavy atom. The van der Waals surface area contributed by atoms with E-state index in [2.05, 4.69) is 9.97 Å². The second-order valence-corrected chi connectivity index (χ2v) is 4.05. The Bertz CT molecular complexity index is 450. The number of nitrogens with zero attached hydrogens (tertiary/aromatic N) is 2. The van der Waals surface area contributed by atoms with Crippen LogP contribution < -0.4 is 0 Å². The number of pyridine rings is 1. The monoisotopic (exact) mass is 204 g/mol. The van der Waals surface area contributed by atoms with Crippen molar-refractivity contribution in [1.82, 2.24) is 9.97 Å². The molecule has 0 unspecified atom stereocenters. The van der Waals surface area contributed by atoms with Crippen molar-refractivity contribution in [3.63, 3.8) is 0 Å². The number of hydrogen-bond acceptors (Lipinski definition) is 4. The van der Waals surface area contributed by atoms with Gasteiger partial charge in [-0.2, -0.15) is 0 Å². The van der Waals surface area contributed by atoms with Crippen LogP contribution in [0, 0.1) is 6.92 Å². The summed E-state index contributed by atoms with van der Waals surface area (Å²) in [5, 5.41) is 0.515. The number of aryl methyl sites for hydroxylation is 1. The van der Waals surface area contributed by atoms with E-state index in [0.29, 0.717) is 5.01 Å². The lowest BCUT2D eigenvalue weighted by molar-refractivity contribution is 0.112. The van der Waals surface area contributed by atoms with E-state index in [4.69, 9.17) is 0 Å². The van der Waals surface area contributed by atoms with Gasteiger partial charge in [0.05, 0.1) is 5.69 Å². The highest BCUT2D eigenvalue weighted by Crippen LogP contribution is 2.25. The largest absolute Gasteiger partial charge is 0.295 e. The van der Waals surface area contributed by atoms with E-state index in [9.17, 15) is 4.79 Å². The van der Waals surface area contributed by atoms with E-state index in [-0.39, 0.29) is 0 Å². The molecule has 70 valence electrons. The highest BCUT2D eigenvalue weighted by Gasteiger charge is 2.08. The van der Waals surface area contributed by atoms with Gasteiger partial charge in [-0.3, -0.25) is 9.78 Å². The van der Waals surface area contributed by atoms with Crippen molar-refractivity contribution in [2.45, 2.75) is 6.92 Å². The smallest absolute Gasteiger partial charge is 0.178 e. The van der Waals surface area contributed by atoms with E-state index in [0.717, 1.165) is 22.4 Å². The first-order valence-electron chi connectivity index (χ1n) is 4.14. The van der Waals surface area contributed by atoms with Crippen LogP contribution in [0.4, 0.5) is 0 Å². The van der Waals surface area contributed by atoms with Gasteiger partial charge in [-0.1, -0.05) is 0 Å². The number of carbonyl (C=O) groups is 1. The number of aldehydes is 1. The third-order valence-electron chi connectivity index (χ3n) is 1.85. The molecule has 0 bridgehead atoms. The van der Waals surface area contributed by atoms with Crippen molar-refractivity contribution in [2.75, 3.05) is 0 Å². The molecular formula is C10H8N2OS. The molecule has 0 aliphatic carbocycles. The van der Waals surface area contributed by atoms with Gasteiger partial charge in [-0.25, -0.2) is 4.98 Å². The topological polar surface area (TPSA) is 42.9 Å². The average Bonchev–Trinajstić information content (AvgIpc) is 2.61. The second kappa shape index (κ2) is 3.67. The number of hydrogen-bond donors (Lipinski definition) is 0. The zero-order valence-electron chi connectivity index (χ0n) is 7.60. The van der Waals surface area contributed by atoms with Crippen LogP contribution in [-0.4, -0.2) is 16.3 Å². The summed E-state index contributed by atoms with van der Waals surface area (Å²) in [5.41, 5.74) is 1.81. The van der Waals surface area contributed by atoms with Gasteiger partial charge in [0.1, 0.15) is 0 Å². The predicted molar refractivity (Wildman–Crippen MR) is 55.5 cm³/mol. The highest BCUT2D eigenvalue weighted by atomic mass is 32.1. The Labute approximate surface area is 85.5 Å². The van der Waals surface area contributed by atoms with Crippen molar-refractivity contribution in [2.24, 2.45) is 0 Å². The zero-order valence-corrected chi connectivity index (χ0v) is 8.41.